The molecule has 0 spiro atoms. The fourth-order valence-electron chi connectivity index (χ4n) is 2.14. The first-order valence-electron chi connectivity index (χ1n) is 7.13. The molecule has 0 aliphatic carbocycles. The number of unbranched alkanes of at least 4 members (excludes halogenated alkanes) is 1. The fourth-order valence-corrected chi connectivity index (χ4v) is 2.14. The molecule has 6 heteroatoms. The maximum Gasteiger partial charge on any atom is 0.312 e. The molecule has 116 valence electrons. The Morgan fingerprint density at radius 2 is 1.95 bits per heavy atom. The molecule has 1 atom stereocenters. The Morgan fingerprint density at radius 1 is 1.24 bits per heavy atom. The van der Waals surface area contributed by atoms with Gasteiger partial charge in [0.15, 0.2) is 0 Å². The summed E-state index contributed by atoms with van der Waals surface area (Å²) in [6.07, 6.45) is 1.89. The molecule has 1 rings (SSSR count). The Kier molecular flexibility index (Phi) is 7.25. The zero-order valence-corrected chi connectivity index (χ0v) is 12.4. The summed E-state index contributed by atoms with van der Waals surface area (Å²) in [4.78, 5) is 23.1. The van der Waals surface area contributed by atoms with Crippen molar-refractivity contribution in [3.63, 3.8) is 0 Å². The van der Waals surface area contributed by atoms with Gasteiger partial charge in [0.25, 0.3) is 0 Å². The molecule has 1 aromatic rings. The van der Waals surface area contributed by atoms with Gasteiger partial charge in [-0.1, -0.05) is 24.3 Å². The quantitative estimate of drug-likeness (QED) is 0.535. The molecule has 0 aliphatic rings. The van der Waals surface area contributed by atoms with Gasteiger partial charge in [-0.15, -0.1) is 0 Å². The van der Waals surface area contributed by atoms with E-state index in [9.17, 15) is 9.59 Å². The van der Waals surface area contributed by atoms with Gasteiger partial charge >= 0.3 is 6.03 Å². The van der Waals surface area contributed by atoms with Gasteiger partial charge in [-0.05, 0) is 37.4 Å². The molecular weight excluding hydrogens is 268 g/mol. The number of aryl methyl sites for hydroxylation is 1. The van der Waals surface area contributed by atoms with Crippen molar-refractivity contribution in [2.45, 2.75) is 32.2 Å². The van der Waals surface area contributed by atoms with Gasteiger partial charge in [0, 0.05) is 6.54 Å². The average Bonchev–Trinajstić information content (AvgIpc) is 2.43. The van der Waals surface area contributed by atoms with Gasteiger partial charge in [0.05, 0.1) is 12.5 Å². The van der Waals surface area contributed by atoms with Crippen molar-refractivity contribution in [3.8, 4) is 0 Å². The smallest absolute Gasteiger partial charge is 0.312 e. The Labute approximate surface area is 125 Å². The highest BCUT2D eigenvalue weighted by Gasteiger charge is 2.18. The van der Waals surface area contributed by atoms with Crippen molar-refractivity contribution in [2.75, 3.05) is 13.1 Å². The summed E-state index contributed by atoms with van der Waals surface area (Å²) < 4.78 is 0. The molecule has 1 aromatic carbocycles. The van der Waals surface area contributed by atoms with Gasteiger partial charge in [-0.2, -0.15) is 0 Å². The van der Waals surface area contributed by atoms with Crippen LogP contribution < -0.4 is 22.1 Å². The van der Waals surface area contributed by atoms with E-state index in [1.165, 1.54) is 0 Å². The predicted molar refractivity (Wildman–Crippen MR) is 82.6 cm³/mol. The normalized spacial score (nSPS) is 11.7. The van der Waals surface area contributed by atoms with Crippen LogP contribution in [-0.4, -0.2) is 25.0 Å². The second kappa shape index (κ2) is 8.97. The van der Waals surface area contributed by atoms with E-state index in [0.29, 0.717) is 13.1 Å². The molecule has 0 aromatic heterocycles. The van der Waals surface area contributed by atoms with E-state index in [2.05, 4.69) is 10.6 Å². The Hall–Kier alpha value is -2.08. The third-order valence-corrected chi connectivity index (χ3v) is 3.22. The van der Waals surface area contributed by atoms with E-state index in [4.69, 9.17) is 11.5 Å². The molecule has 1 unspecified atom stereocenters. The molecule has 0 aliphatic heterocycles. The standard InChI is InChI=1S/C15H24N4O2/c1-11-6-2-3-7-12(11)13(19-15(17)21)10-14(20)18-9-5-4-8-16/h2-3,6-7,13H,4-5,8-10,16H2,1H3,(H,18,20)(H3,17,19,21). The number of primary amides is 1. The summed E-state index contributed by atoms with van der Waals surface area (Å²) >= 11 is 0. The lowest BCUT2D eigenvalue weighted by Crippen LogP contribution is -2.37. The maximum atomic E-state index is 11.9. The van der Waals surface area contributed by atoms with Crippen LogP contribution >= 0.6 is 0 Å². The van der Waals surface area contributed by atoms with Crippen LogP contribution in [0.25, 0.3) is 0 Å². The third kappa shape index (κ3) is 6.27. The number of urea groups is 1. The molecule has 0 saturated carbocycles. The lowest BCUT2D eigenvalue weighted by molar-refractivity contribution is -0.121. The second-order valence-electron chi connectivity index (χ2n) is 4.97. The number of nitrogens with two attached hydrogens (primary N) is 2. The number of nitrogens with one attached hydrogen (secondary N) is 2. The SMILES string of the molecule is Cc1ccccc1C(CC(=O)NCCCCN)NC(N)=O. The molecule has 0 bridgehead atoms. The Bertz CT molecular complexity index is 476. The van der Waals surface area contributed by atoms with Crippen LogP contribution in [0.3, 0.4) is 0 Å². The number of benzene rings is 1. The number of carbonyl (C=O) groups excluding carboxylic acids is 2. The molecule has 0 saturated heterocycles. The van der Waals surface area contributed by atoms with Crippen LogP contribution in [0.5, 0.6) is 0 Å². The molecule has 0 fully saturated rings. The maximum absolute atomic E-state index is 11.9. The number of carbonyl (C=O) groups is 2. The van der Waals surface area contributed by atoms with Crippen LogP contribution in [0.15, 0.2) is 24.3 Å². The van der Waals surface area contributed by atoms with Gasteiger partial charge in [0.2, 0.25) is 5.91 Å². The molecule has 0 heterocycles. The van der Waals surface area contributed by atoms with Crippen molar-refractivity contribution in [1.82, 2.24) is 10.6 Å². The minimum absolute atomic E-state index is 0.117. The van der Waals surface area contributed by atoms with E-state index in [0.717, 1.165) is 24.0 Å². The minimum Gasteiger partial charge on any atom is -0.356 e. The van der Waals surface area contributed by atoms with Crippen molar-refractivity contribution in [1.29, 1.82) is 0 Å². The lowest BCUT2D eigenvalue weighted by atomic mass is 9.98. The topological polar surface area (TPSA) is 110 Å². The molecule has 6 nitrogen and oxygen atoms in total. The zero-order chi connectivity index (χ0) is 15.7. The van der Waals surface area contributed by atoms with Gasteiger partial charge < -0.3 is 22.1 Å². The zero-order valence-electron chi connectivity index (χ0n) is 12.4. The summed E-state index contributed by atoms with van der Waals surface area (Å²) in [5.74, 6) is -0.117. The fraction of sp³-hybridized carbons (Fsp3) is 0.467. The van der Waals surface area contributed by atoms with Crippen LogP contribution in [0.2, 0.25) is 0 Å². The van der Waals surface area contributed by atoms with Crippen LogP contribution in [0.4, 0.5) is 4.79 Å². The highest BCUT2D eigenvalue weighted by Crippen LogP contribution is 2.20. The number of hydrogen-bond donors (Lipinski definition) is 4. The second-order valence-corrected chi connectivity index (χ2v) is 4.97. The first-order chi connectivity index (χ1) is 10.0. The van der Waals surface area contributed by atoms with Crippen molar-refractivity contribution >= 4 is 11.9 Å². The Balaban J connectivity index is 2.64. The van der Waals surface area contributed by atoms with E-state index in [1.807, 2.05) is 31.2 Å². The van der Waals surface area contributed by atoms with Crippen molar-refractivity contribution in [3.05, 3.63) is 35.4 Å². The third-order valence-electron chi connectivity index (χ3n) is 3.22. The molecule has 0 radical (unpaired) electrons. The molecule has 6 N–H and O–H groups in total. The van der Waals surface area contributed by atoms with Crippen molar-refractivity contribution in [2.24, 2.45) is 11.5 Å². The van der Waals surface area contributed by atoms with Gasteiger partial charge in [-0.3, -0.25) is 4.79 Å². The first-order valence-corrected chi connectivity index (χ1v) is 7.13. The van der Waals surface area contributed by atoms with Crippen molar-refractivity contribution < 1.29 is 9.59 Å². The van der Waals surface area contributed by atoms with E-state index < -0.39 is 12.1 Å². The van der Waals surface area contributed by atoms with E-state index in [1.54, 1.807) is 0 Å². The minimum atomic E-state index is -0.640. The summed E-state index contributed by atoms with van der Waals surface area (Å²) in [5.41, 5.74) is 12.5. The monoisotopic (exact) mass is 292 g/mol. The van der Waals surface area contributed by atoms with Gasteiger partial charge in [-0.25, -0.2) is 4.79 Å². The first kappa shape index (κ1) is 17.0. The van der Waals surface area contributed by atoms with Gasteiger partial charge in [0.1, 0.15) is 0 Å². The highest BCUT2D eigenvalue weighted by atomic mass is 16.2. The molecule has 21 heavy (non-hydrogen) atoms. The Morgan fingerprint density at radius 3 is 2.57 bits per heavy atom. The van der Waals surface area contributed by atoms with E-state index >= 15 is 0 Å². The number of hydrogen-bond acceptors (Lipinski definition) is 3. The molecule has 3 amide bonds. The largest absolute Gasteiger partial charge is 0.356 e. The van der Waals surface area contributed by atoms with Crippen LogP contribution in [-0.2, 0) is 4.79 Å². The average molecular weight is 292 g/mol. The van der Waals surface area contributed by atoms with Crippen LogP contribution in [0.1, 0.15) is 36.4 Å². The number of amides is 3. The summed E-state index contributed by atoms with van der Waals surface area (Å²) in [6.45, 7) is 3.14. The summed E-state index contributed by atoms with van der Waals surface area (Å²) in [5, 5.41) is 5.45. The summed E-state index contributed by atoms with van der Waals surface area (Å²) in [6, 6.07) is 6.55. The van der Waals surface area contributed by atoms with Crippen LogP contribution in [0, 0.1) is 6.92 Å². The molecular formula is C15H24N4O2. The number of rotatable bonds is 8. The lowest BCUT2D eigenvalue weighted by Gasteiger charge is -2.19. The predicted octanol–water partition coefficient (Wildman–Crippen LogP) is 0.950. The van der Waals surface area contributed by atoms with E-state index in [-0.39, 0.29) is 12.3 Å². The highest BCUT2D eigenvalue weighted by molar-refractivity contribution is 5.78. The summed E-state index contributed by atoms with van der Waals surface area (Å²) in [7, 11) is 0.